The van der Waals surface area contributed by atoms with Crippen molar-refractivity contribution in [2.45, 2.75) is 51.1 Å². The summed E-state index contributed by atoms with van der Waals surface area (Å²) in [5, 5.41) is 3.68. The van der Waals surface area contributed by atoms with Crippen LogP contribution < -0.4 is 0 Å². The number of rotatable bonds is 7. The van der Waals surface area contributed by atoms with Gasteiger partial charge in [-0.05, 0) is 38.2 Å². The molecule has 10 heteroatoms. The Balaban J connectivity index is 1.82. The normalized spacial score (nSPS) is 24.0. The maximum atomic E-state index is 14.2. The SMILES string of the molecule is CCOC(=O)[C@H]1C[C@]2(CCCCN(CCOC(C)=O)C2=O)N(C(=O)c2ccno2)[C@H]1c1ccccc1. The first-order chi connectivity index (χ1) is 17.4. The van der Waals surface area contributed by atoms with Crippen molar-refractivity contribution in [2.75, 3.05) is 26.3 Å². The summed E-state index contributed by atoms with van der Waals surface area (Å²) in [6, 6.07) is 9.92. The Morgan fingerprint density at radius 2 is 1.92 bits per heavy atom. The van der Waals surface area contributed by atoms with E-state index < -0.39 is 35.3 Å². The van der Waals surface area contributed by atoms with Crippen LogP contribution in [0.4, 0.5) is 0 Å². The molecule has 0 aliphatic carbocycles. The number of ether oxygens (including phenoxy) is 2. The number of hydrogen-bond donors (Lipinski definition) is 0. The maximum absolute atomic E-state index is 14.2. The molecular weight excluding hydrogens is 466 g/mol. The number of benzene rings is 1. The van der Waals surface area contributed by atoms with Crippen LogP contribution in [0.2, 0.25) is 0 Å². The first-order valence-electron chi connectivity index (χ1n) is 12.3. The zero-order chi connectivity index (χ0) is 25.7. The molecule has 192 valence electrons. The number of esters is 2. The summed E-state index contributed by atoms with van der Waals surface area (Å²) in [4.78, 5) is 55.9. The second kappa shape index (κ2) is 10.9. The minimum absolute atomic E-state index is 0.0108. The summed E-state index contributed by atoms with van der Waals surface area (Å²) in [6.07, 6.45) is 3.27. The number of amides is 2. The predicted molar refractivity (Wildman–Crippen MR) is 126 cm³/mol. The van der Waals surface area contributed by atoms with Crippen molar-refractivity contribution >= 4 is 23.8 Å². The highest BCUT2D eigenvalue weighted by Gasteiger charge is 2.62. The Bertz CT molecular complexity index is 1090. The third kappa shape index (κ3) is 4.84. The number of hydrogen-bond acceptors (Lipinski definition) is 8. The van der Waals surface area contributed by atoms with Crippen LogP contribution >= 0.6 is 0 Å². The van der Waals surface area contributed by atoms with Crippen molar-refractivity contribution in [1.29, 1.82) is 0 Å². The third-order valence-corrected chi connectivity index (χ3v) is 6.90. The fourth-order valence-corrected chi connectivity index (χ4v) is 5.43. The van der Waals surface area contributed by atoms with Gasteiger partial charge in [-0.2, -0.15) is 0 Å². The Hall–Kier alpha value is -3.69. The fourth-order valence-electron chi connectivity index (χ4n) is 5.43. The van der Waals surface area contributed by atoms with Crippen LogP contribution in [0.15, 0.2) is 47.1 Å². The standard InChI is InChI=1S/C26H31N3O7/c1-3-34-24(32)20-17-26(12-7-8-14-28(25(26)33)15-16-35-18(2)30)29(23(31)21-11-13-27-36-21)22(20)19-9-5-4-6-10-19/h4-6,9-11,13,20,22H,3,7-8,12,14-17H2,1-2H3/t20-,22-,26-/m0/s1. The minimum atomic E-state index is -1.30. The van der Waals surface area contributed by atoms with E-state index >= 15 is 0 Å². The zero-order valence-corrected chi connectivity index (χ0v) is 20.6. The van der Waals surface area contributed by atoms with Crippen LogP contribution in [-0.4, -0.2) is 70.6 Å². The molecule has 3 atom stereocenters. The smallest absolute Gasteiger partial charge is 0.311 e. The average molecular weight is 498 g/mol. The second-order valence-electron chi connectivity index (χ2n) is 9.09. The van der Waals surface area contributed by atoms with Crippen LogP contribution in [0, 0.1) is 5.92 Å². The summed E-state index contributed by atoms with van der Waals surface area (Å²) < 4.78 is 15.7. The monoisotopic (exact) mass is 497 g/mol. The maximum Gasteiger partial charge on any atom is 0.311 e. The number of carbonyl (C=O) groups excluding carboxylic acids is 4. The zero-order valence-electron chi connectivity index (χ0n) is 20.6. The molecule has 4 rings (SSSR count). The highest BCUT2D eigenvalue weighted by molar-refractivity contribution is 5.99. The molecule has 10 nitrogen and oxygen atoms in total. The lowest BCUT2D eigenvalue weighted by molar-refractivity contribution is -0.149. The molecule has 0 unspecified atom stereocenters. The molecule has 2 saturated heterocycles. The van der Waals surface area contributed by atoms with Gasteiger partial charge in [-0.15, -0.1) is 0 Å². The fraction of sp³-hybridized carbons (Fsp3) is 0.500. The molecule has 0 radical (unpaired) electrons. The Labute approximate surface area is 209 Å². The summed E-state index contributed by atoms with van der Waals surface area (Å²) in [5.41, 5.74) is -0.571. The van der Waals surface area contributed by atoms with E-state index in [-0.39, 0.29) is 37.8 Å². The van der Waals surface area contributed by atoms with Crippen molar-refractivity contribution in [3.8, 4) is 0 Å². The van der Waals surface area contributed by atoms with Crippen molar-refractivity contribution in [1.82, 2.24) is 15.0 Å². The molecule has 2 amide bonds. The highest BCUT2D eigenvalue weighted by Crippen LogP contribution is 2.51. The van der Waals surface area contributed by atoms with Crippen molar-refractivity contribution in [3.63, 3.8) is 0 Å². The molecule has 0 bridgehead atoms. The van der Waals surface area contributed by atoms with Crippen molar-refractivity contribution < 1.29 is 33.2 Å². The lowest BCUT2D eigenvalue weighted by Gasteiger charge is -2.41. The summed E-state index contributed by atoms with van der Waals surface area (Å²) in [6.45, 7) is 3.94. The predicted octanol–water partition coefficient (Wildman–Crippen LogP) is 2.76. The van der Waals surface area contributed by atoms with Crippen LogP contribution in [0.3, 0.4) is 0 Å². The lowest BCUT2D eigenvalue weighted by atomic mass is 9.85. The van der Waals surface area contributed by atoms with Gasteiger partial charge in [-0.25, -0.2) is 0 Å². The first kappa shape index (κ1) is 25.4. The minimum Gasteiger partial charge on any atom is -0.466 e. The van der Waals surface area contributed by atoms with E-state index in [1.165, 1.54) is 24.1 Å². The lowest BCUT2D eigenvalue weighted by Crippen LogP contribution is -2.58. The van der Waals surface area contributed by atoms with Crippen LogP contribution in [-0.2, 0) is 23.9 Å². The molecule has 2 aromatic rings. The average Bonchev–Trinajstić information content (AvgIpc) is 3.49. The Kier molecular flexibility index (Phi) is 7.71. The van der Waals surface area contributed by atoms with E-state index in [4.69, 9.17) is 14.0 Å². The number of carbonyl (C=O) groups is 4. The number of aromatic nitrogens is 1. The van der Waals surface area contributed by atoms with Crippen LogP contribution in [0.25, 0.3) is 0 Å². The first-order valence-corrected chi connectivity index (χ1v) is 12.3. The van der Waals surface area contributed by atoms with Crippen LogP contribution in [0.1, 0.15) is 61.7 Å². The van der Waals surface area contributed by atoms with Gasteiger partial charge in [0.15, 0.2) is 0 Å². The number of nitrogens with zero attached hydrogens (tertiary/aromatic N) is 3. The molecule has 1 spiro atoms. The van der Waals surface area contributed by atoms with E-state index in [9.17, 15) is 19.2 Å². The van der Waals surface area contributed by atoms with Gasteiger partial charge in [0.05, 0.1) is 31.3 Å². The molecule has 0 N–H and O–H groups in total. The molecule has 1 aromatic carbocycles. The molecule has 1 aromatic heterocycles. The molecule has 2 aliphatic rings. The molecule has 36 heavy (non-hydrogen) atoms. The Morgan fingerprint density at radius 3 is 2.58 bits per heavy atom. The number of likely N-dealkylation sites (tertiary alicyclic amines) is 2. The summed E-state index contributed by atoms with van der Waals surface area (Å²) in [7, 11) is 0. The van der Waals surface area contributed by atoms with Gasteiger partial charge in [0, 0.05) is 19.5 Å². The topological polar surface area (TPSA) is 119 Å². The van der Waals surface area contributed by atoms with E-state index in [1.54, 1.807) is 11.8 Å². The Morgan fingerprint density at radius 1 is 1.14 bits per heavy atom. The van der Waals surface area contributed by atoms with Crippen LogP contribution in [0.5, 0.6) is 0 Å². The van der Waals surface area contributed by atoms with Gasteiger partial charge < -0.3 is 23.8 Å². The van der Waals surface area contributed by atoms with Gasteiger partial charge in [0.1, 0.15) is 12.1 Å². The highest BCUT2D eigenvalue weighted by atomic mass is 16.5. The van der Waals surface area contributed by atoms with E-state index in [1.807, 2.05) is 30.3 Å². The molecule has 0 saturated carbocycles. The van der Waals surface area contributed by atoms with E-state index in [0.717, 1.165) is 12.0 Å². The molecular formula is C26H31N3O7. The molecule has 2 fully saturated rings. The molecule has 3 heterocycles. The van der Waals surface area contributed by atoms with Crippen molar-refractivity contribution in [3.05, 3.63) is 53.9 Å². The largest absolute Gasteiger partial charge is 0.466 e. The van der Waals surface area contributed by atoms with Crippen molar-refractivity contribution in [2.24, 2.45) is 5.92 Å². The van der Waals surface area contributed by atoms with Gasteiger partial charge in [0.2, 0.25) is 11.7 Å². The quantitative estimate of drug-likeness (QED) is 0.536. The summed E-state index contributed by atoms with van der Waals surface area (Å²) in [5.74, 6) is -2.43. The van der Waals surface area contributed by atoms with Gasteiger partial charge in [-0.3, -0.25) is 19.2 Å². The van der Waals surface area contributed by atoms with Gasteiger partial charge >= 0.3 is 11.9 Å². The van der Waals surface area contributed by atoms with E-state index in [2.05, 4.69) is 5.16 Å². The third-order valence-electron chi connectivity index (χ3n) is 6.90. The van der Waals surface area contributed by atoms with Gasteiger partial charge in [0.25, 0.3) is 5.91 Å². The second-order valence-corrected chi connectivity index (χ2v) is 9.09. The van der Waals surface area contributed by atoms with Gasteiger partial charge in [-0.1, -0.05) is 35.5 Å². The summed E-state index contributed by atoms with van der Waals surface area (Å²) >= 11 is 0. The van der Waals surface area contributed by atoms with E-state index in [0.29, 0.717) is 19.4 Å². The molecule has 2 aliphatic heterocycles.